The smallest absolute Gasteiger partial charge is 0.348 e. The average Bonchev–Trinajstić information content (AvgIpc) is 3.02. The van der Waals surface area contributed by atoms with Crippen LogP contribution in [0.2, 0.25) is 0 Å². The lowest BCUT2D eigenvalue weighted by molar-refractivity contribution is -0.126. The minimum Gasteiger partial charge on any atom is -0.451 e. The van der Waals surface area contributed by atoms with Gasteiger partial charge in [0, 0.05) is 10.6 Å². The van der Waals surface area contributed by atoms with Gasteiger partial charge in [-0.05, 0) is 56.0 Å². The van der Waals surface area contributed by atoms with E-state index in [9.17, 15) is 14.4 Å². The molecule has 0 saturated heterocycles. The number of nitrogens with one attached hydrogen (secondary N) is 2. The van der Waals surface area contributed by atoms with Crippen LogP contribution < -0.4 is 10.6 Å². The molecule has 6 nitrogen and oxygen atoms in total. The molecule has 0 unspecified atom stereocenters. The molecule has 2 aromatic rings. The fourth-order valence-corrected chi connectivity index (χ4v) is 3.49. The zero-order chi connectivity index (χ0) is 20.0. The van der Waals surface area contributed by atoms with Gasteiger partial charge in [-0.3, -0.25) is 9.59 Å². The summed E-state index contributed by atoms with van der Waals surface area (Å²) in [7, 11) is 0. The van der Waals surface area contributed by atoms with Crippen LogP contribution in [0.5, 0.6) is 0 Å². The molecule has 0 atom stereocenters. The Bertz CT molecular complexity index is 858. The van der Waals surface area contributed by atoms with Gasteiger partial charge in [0.05, 0.1) is 6.54 Å². The maximum absolute atomic E-state index is 12.0. The molecule has 0 saturated carbocycles. The first-order chi connectivity index (χ1) is 12.8. The lowest BCUT2D eigenvalue weighted by atomic mass is 10.1. The molecule has 2 N–H and O–H groups in total. The average molecular weight is 388 g/mol. The SMILES string of the molecule is CCc1sc(C(=O)OCC(=O)NCC(=O)Nc2cccc(C)c2C)cc1C. The number of carbonyl (C=O) groups excluding carboxylic acids is 3. The van der Waals surface area contributed by atoms with Gasteiger partial charge in [-0.15, -0.1) is 11.3 Å². The first-order valence-electron chi connectivity index (χ1n) is 8.71. The van der Waals surface area contributed by atoms with Crippen molar-refractivity contribution in [3.63, 3.8) is 0 Å². The largest absolute Gasteiger partial charge is 0.451 e. The van der Waals surface area contributed by atoms with E-state index in [2.05, 4.69) is 10.6 Å². The van der Waals surface area contributed by atoms with Gasteiger partial charge in [0.25, 0.3) is 5.91 Å². The quantitative estimate of drug-likeness (QED) is 0.714. The lowest BCUT2D eigenvalue weighted by Gasteiger charge is -2.11. The molecule has 1 aromatic heterocycles. The van der Waals surface area contributed by atoms with Crippen molar-refractivity contribution in [2.45, 2.75) is 34.1 Å². The summed E-state index contributed by atoms with van der Waals surface area (Å²) in [6.45, 7) is 7.22. The summed E-state index contributed by atoms with van der Waals surface area (Å²) in [6, 6.07) is 7.38. The maximum Gasteiger partial charge on any atom is 0.348 e. The van der Waals surface area contributed by atoms with E-state index in [0.717, 1.165) is 28.0 Å². The van der Waals surface area contributed by atoms with Crippen LogP contribution in [0.1, 0.15) is 38.2 Å². The summed E-state index contributed by atoms with van der Waals surface area (Å²) in [5.41, 5.74) is 3.80. The number of amides is 2. The fraction of sp³-hybridized carbons (Fsp3) is 0.350. The van der Waals surface area contributed by atoms with E-state index in [0.29, 0.717) is 10.6 Å². The van der Waals surface area contributed by atoms with Crippen LogP contribution in [0.15, 0.2) is 24.3 Å². The number of thiophene rings is 1. The second-order valence-electron chi connectivity index (χ2n) is 6.22. The number of hydrogen-bond donors (Lipinski definition) is 2. The molecule has 0 fully saturated rings. The third kappa shape index (κ3) is 5.65. The molecule has 0 aliphatic heterocycles. The molecule has 0 aliphatic rings. The van der Waals surface area contributed by atoms with Gasteiger partial charge < -0.3 is 15.4 Å². The predicted molar refractivity (Wildman–Crippen MR) is 106 cm³/mol. The van der Waals surface area contributed by atoms with Crippen LogP contribution in [-0.2, 0) is 20.7 Å². The highest BCUT2D eigenvalue weighted by molar-refractivity contribution is 7.14. The van der Waals surface area contributed by atoms with E-state index in [4.69, 9.17) is 4.74 Å². The molecular formula is C20H24N2O4S. The van der Waals surface area contributed by atoms with Crippen molar-refractivity contribution in [1.29, 1.82) is 0 Å². The Hall–Kier alpha value is -2.67. The summed E-state index contributed by atoms with van der Waals surface area (Å²) in [5, 5.41) is 5.20. The minimum atomic E-state index is -0.530. The maximum atomic E-state index is 12.0. The van der Waals surface area contributed by atoms with Crippen LogP contribution in [0.3, 0.4) is 0 Å². The van der Waals surface area contributed by atoms with Gasteiger partial charge in [-0.2, -0.15) is 0 Å². The molecule has 144 valence electrons. The van der Waals surface area contributed by atoms with Crippen molar-refractivity contribution >= 4 is 34.8 Å². The first kappa shape index (κ1) is 20.6. The third-order valence-corrected chi connectivity index (χ3v) is 5.56. The monoisotopic (exact) mass is 388 g/mol. The van der Waals surface area contributed by atoms with E-state index in [1.165, 1.54) is 11.3 Å². The summed E-state index contributed by atoms with van der Waals surface area (Å²) in [4.78, 5) is 37.4. The molecule has 0 aliphatic carbocycles. The number of aryl methyl sites for hydroxylation is 3. The zero-order valence-corrected chi connectivity index (χ0v) is 16.8. The predicted octanol–water partition coefficient (Wildman–Crippen LogP) is 3.15. The number of anilines is 1. The highest BCUT2D eigenvalue weighted by atomic mass is 32.1. The number of benzene rings is 1. The van der Waals surface area contributed by atoms with Crippen molar-refractivity contribution in [1.82, 2.24) is 5.32 Å². The van der Waals surface area contributed by atoms with Gasteiger partial charge in [-0.25, -0.2) is 4.79 Å². The minimum absolute atomic E-state index is 0.193. The Kier molecular flexibility index (Phi) is 7.12. The number of hydrogen-bond acceptors (Lipinski definition) is 5. The van der Waals surface area contributed by atoms with E-state index >= 15 is 0 Å². The molecule has 0 radical (unpaired) electrons. The normalized spacial score (nSPS) is 10.4. The van der Waals surface area contributed by atoms with Crippen molar-refractivity contribution < 1.29 is 19.1 Å². The van der Waals surface area contributed by atoms with Gasteiger partial charge in [0.15, 0.2) is 6.61 Å². The Labute approximate surface area is 162 Å². The molecule has 1 aromatic carbocycles. The van der Waals surface area contributed by atoms with Crippen LogP contribution >= 0.6 is 11.3 Å². The van der Waals surface area contributed by atoms with Crippen molar-refractivity contribution in [2.75, 3.05) is 18.5 Å². The zero-order valence-electron chi connectivity index (χ0n) is 16.0. The molecular weight excluding hydrogens is 364 g/mol. The molecule has 27 heavy (non-hydrogen) atoms. The van der Waals surface area contributed by atoms with Crippen LogP contribution in [0.25, 0.3) is 0 Å². The Morgan fingerprint density at radius 1 is 1.07 bits per heavy atom. The fourth-order valence-electron chi connectivity index (χ4n) is 2.48. The highest BCUT2D eigenvalue weighted by Gasteiger charge is 2.15. The number of esters is 1. The molecule has 0 spiro atoms. The third-order valence-electron chi connectivity index (χ3n) is 4.20. The van der Waals surface area contributed by atoms with Gasteiger partial charge >= 0.3 is 5.97 Å². The van der Waals surface area contributed by atoms with Gasteiger partial charge in [-0.1, -0.05) is 19.1 Å². The van der Waals surface area contributed by atoms with Gasteiger partial charge in [0.1, 0.15) is 4.88 Å². The second kappa shape index (κ2) is 9.32. The van der Waals surface area contributed by atoms with Crippen LogP contribution in [-0.4, -0.2) is 30.9 Å². The van der Waals surface area contributed by atoms with Crippen molar-refractivity contribution in [2.24, 2.45) is 0 Å². The highest BCUT2D eigenvalue weighted by Crippen LogP contribution is 2.23. The van der Waals surface area contributed by atoms with E-state index in [-0.39, 0.29) is 12.5 Å². The topological polar surface area (TPSA) is 84.5 Å². The van der Waals surface area contributed by atoms with Crippen LogP contribution in [0, 0.1) is 20.8 Å². The standard InChI is InChI=1S/C20H24N2O4S/c1-5-16-13(3)9-17(27-16)20(25)26-11-19(24)21-10-18(23)22-15-8-6-7-12(2)14(15)4/h6-9H,5,10-11H2,1-4H3,(H,21,24)(H,22,23). The Morgan fingerprint density at radius 3 is 2.48 bits per heavy atom. The van der Waals surface area contributed by atoms with Gasteiger partial charge in [0.2, 0.25) is 5.91 Å². The second-order valence-corrected chi connectivity index (χ2v) is 7.36. The number of ether oxygens (including phenoxy) is 1. The number of carbonyl (C=O) groups is 3. The molecule has 0 bridgehead atoms. The summed E-state index contributed by atoms with van der Waals surface area (Å²) in [5.74, 6) is -1.40. The molecule has 2 rings (SSSR count). The number of rotatable bonds is 7. The van der Waals surface area contributed by atoms with Crippen molar-refractivity contribution in [3.05, 3.63) is 50.7 Å². The summed E-state index contributed by atoms with van der Waals surface area (Å²) < 4.78 is 5.02. The Morgan fingerprint density at radius 2 is 1.81 bits per heavy atom. The molecule has 1 heterocycles. The Balaban J connectivity index is 1.77. The lowest BCUT2D eigenvalue weighted by Crippen LogP contribution is -2.35. The molecule has 7 heteroatoms. The first-order valence-corrected chi connectivity index (χ1v) is 9.52. The summed E-state index contributed by atoms with van der Waals surface area (Å²) in [6.07, 6.45) is 0.847. The van der Waals surface area contributed by atoms with Crippen molar-refractivity contribution in [3.8, 4) is 0 Å². The van der Waals surface area contributed by atoms with Crippen LogP contribution in [0.4, 0.5) is 5.69 Å². The molecule has 2 amide bonds. The van der Waals surface area contributed by atoms with E-state index in [1.54, 1.807) is 12.1 Å². The summed E-state index contributed by atoms with van der Waals surface area (Å²) >= 11 is 1.37. The van der Waals surface area contributed by atoms with E-state index < -0.39 is 18.5 Å². The van der Waals surface area contributed by atoms with E-state index in [1.807, 2.05) is 39.8 Å².